The number of hydrogen-bond donors (Lipinski definition) is 0. The summed E-state index contributed by atoms with van der Waals surface area (Å²) in [6.07, 6.45) is 0. The molecule has 0 saturated carbocycles. The summed E-state index contributed by atoms with van der Waals surface area (Å²) in [6.45, 7) is 14.1. The molecule has 2 fully saturated rings. The summed E-state index contributed by atoms with van der Waals surface area (Å²) in [5.74, 6) is 0. The Morgan fingerprint density at radius 3 is 0.240 bits per heavy atom. The zero-order valence-electron chi connectivity index (χ0n) is 52.4. The Morgan fingerprint density at radius 1 is 0.146 bits per heavy atom. The van der Waals surface area contributed by atoms with Crippen molar-refractivity contribution in [2.45, 2.75) is 0 Å². The Hall–Kier alpha value is -7.03. The van der Waals surface area contributed by atoms with Crippen LogP contribution in [0.2, 0.25) is 0 Å². The summed E-state index contributed by atoms with van der Waals surface area (Å²) >= 11 is 0. The summed E-state index contributed by atoms with van der Waals surface area (Å²) < 4.78 is 63.9. The minimum Gasteiger partial charge on any atom is -1.00 e. The van der Waals surface area contributed by atoms with Crippen molar-refractivity contribution < 1.29 is 208 Å². The van der Waals surface area contributed by atoms with Crippen LogP contribution in [0.1, 0.15) is 89.0 Å². The molecule has 0 radical (unpaired) electrons. The van der Waals surface area contributed by atoms with Gasteiger partial charge in [0.25, 0.3) is 0 Å². The van der Waals surface area contributed by atoms with E-state index in [0.717, 1.165) is 0 Å². The van der Waals surface area contributed by atoms with Gasteiger partial charge >= 0.3 is 103 Å². The van der Waals surface area contributed by atoms with E-state index in [1.54, 1.807) is 97.1 Å². The van der Waals surface area contributed by atoms with Gasteiger partial charge in [0.2, 0.25) is 0 Å². The molecule has 0 amide bonds. The van der Waals surface area contributed by atoms with Crippen molar-refractivity contribution in [3.05, 3.63) is 138 Å². The van der Waals surface area contributed by atoms with Gasteiger partial charge in [0, 0.05) is 0 Å². The normalized spacial score (nSPS) is 13.5. The third kappa shape index (κ3) is 41.2. The second-order valence-corrected chi connectivity index (χ2v) is 16.9. The van der Waals surface area contributed by atoms with Crippen LogP contribution in [-0.4, -0.2) is 159 Å². The van der Waals surface area contributed by atoms with Crippen LogP contribution in [0.4, 0.5) is 0 Å². The van der Waals surface area contributed by atoms with Gasteiger partial charge in [-0.05, 0) is 48.5 Å². The fourth-order valence-corrected chi connectivity index (χ4v) is 6.52. The molecule has 0 aliphatic carbocycles. The second kappa shape index (κ2) is 65.3. The first kappa shape index (κ1) is 95.4. The van der Waals surface area contributed by atoms with Crippen molar-refractivity contribution in [1.82, 2.24) is 0 Å². The van der Waals surface area contributed by atoms with Crippen molar-refractivity contribution in [1.29, 1.82) is 84.2 Å². The third-order valence-corrected chi connectivity index (χ3v) is 11.0. The Bertz CT molecular complexity index is 2760. The monoisotopic (exact) mass is 1570 g/mol. The van der Waals surface area contributed by atoms with Crippen LogP contribution in [-0.2, 0) is 56.8 Å². The van der Waals surface area contributed by atoms with Crippen molar-refractivity contribution in [2.75, 3.05) is 159 Å². The van der Waals surface area contributed by atoms with E-state index in [1.165, 1.54) is 48.5 Å². The van der Waals surface area contributed by atoms with Crippen LogP contribution < -0.4 is 151 Å². The van der Waals surface area contributed by atoms with Gasteiger partial charge in [-0.25, -0.2) is 0 Å². The fraction of sp³-hybridized carbons (Fsp3) is 0.375. The SMILES string of the molecule is C1COCCOCCOCCOCCOCCO1.C1COCCOCCOCCOCCOCCO1.N#Cc1cc(C#N)c(C#N)cc1C#N.N#Cc1cc(C#N)c(C#N)cc1C#N.N#Cc1cc(C#N)c(C#N)cc1C#N.N#Cc1cc(C#N)c(C#N)cc1C#N.[I-].[I-].[K+].[K+]. The summed E-state index contributed by atoms with van der Waals surface area (Å²) in [5.41, 5.74) is 1.82. The van der Waals surface area contributed by atoms with Gasteiger partial charge in [0.15, 0.2) is 0 Å². The summed E-state index contributed by atoms with van der Waals surface area (Å²) in [5, 5.41) is 138. The summed E-state index contributed by atoms with van der Waals surface area (Å²) in [4.78, 5) is 0. The Morgan fingerprint density at radius 2 is 0.198 bits per heavy atom. The van der Waals surface area contributed by atoms with Crippen molar-refractivity contribution in [2.24, 2.45) is 0 Å². The van der Waals surface area contributed by atoms with E-state index in [4.69, 9.17) is 141 Å². The summed E-state index contributed by atoms with van der Waals surface area (Å²) in [7, 11) is 0. The number of benzene rings is 4. The van der Waals surface area contributed by atoms with Crippen molar-refractivity contribution in [3.63, 3.8) is 0 Å². The molecule has 2 saturated heterocycles. The van der Waals surface area contributed by atoms with Gasteiger partial charge in [-0.3, -0.25) is 0 Å². The van der Waals surface area contributed by atoms with Gasteiger partial charge in [0.1, 0.15) is 97.1 Å². The van der Waals surface area contributed by atoms with Gasteiger partial charge < -0.3 is 105 Å². The minimum atomic E-state index is 0. The molecule has 4 aromatic rings. The first-order valence-corrected chi connectivity index (χ1v) is 27.1. The van der Waals surface area contributed by atoms with Gasteiger partial charge in [-0.2, -0.15) is 84.2 Å². The molecule has 2 aliphatic rings. The number of halogens is 2. The average Bonchev–Trinajstić information content (AvgIpc) is 0.951. The molecule has 6 rings (SSSR count). The molecule has 0 atom stereocenters. The molecule has 0 aromatic heterocycles. The van der Waals surface area contributed by atoms with E-state index in [2.05, 4.69) is 0 Å². The quantitative estimate of drug-likeness (QED) is 0.117. The number of nitriles is 16. The molecule has 2 heterocycles. The smallest absolute Gasteiger partial charge is 1.00 e. The number of rotatable bonds is 0. The van der Waals surface area contributed by atoms with Crippen LogP contribution in [0.25, 0.3) is 0 Å². The number of ether oxygens (including phenoxy) is 12. The van der Waals surface area contributed by atoms with Crippen molar-refractivity contribution in [3.8, 4) is 97.1 Å². The molecule has 2 aliphatic heterocycles. The predicted molar refractivity (Wildman–Crippen MR) is 311 cm³/mol. The van der Waals surface area contributed by atoms with E-state index >= 15 is 0 Å². The topological polar surface area (TPSA) is 491 Å². The largest absolute Gasteiger partial charge is 1.00 e. The van der Waals surface area contributed by atoms with Crippen LogP contribution in [0.3, 0.4) is 0 Å². The molecule has 4 aromatic carbocycles. The Kier molecular flexibility index (Phi) is 64.8. The van der Waals surface area contributed by atoms with Crippen LogP contribution in [0.5, 0.6) is 0 Å². The standard InChI is InChI=1S/2C12H24O6.4C10H2N4.2HI.2K/c2*1-2-14-5-6-16-9-10-18-12-11-17-8-7-15-4-3-13-1;4*11-3-7-1-8(4-12)10(6-14)2-9(7)5-13;;;;/h2*1-12H2;4*1-2H;2*1H;;/q;;;;;;;;2*+1/p-2. The Labute approximate surface area is 676 Å². The molecular weight excluding hydrogens is 1520 g/mol. The zero-order valence-corrected chi connectivity index (χ0v) is 63.0. The van der Waals surface area contributed by atoms with Crippen LogP contribution >= 0.6 is 0 Å². The zero-order chi connectivity index (χ0) is 67.7. The molecule has 0 unspecified atom stereocenters. The maximum absolute atomic E-state index is 8.64. The molecule has 0 N–H and O–H groups in total. The molecule has 0 spiro atoms. The maximum Gasteiger partial charge on any atom is 1.00 e. The molecule has 96 heavy (non-hydrogen) atoms. The molecular formula is C64H56I2K2N16O12. The average molecular weight is 1570 g/mol. The van der Waals surface area contributed by atoms with E-state index < -0.39 is 0 Å². The predicted octanol–water partition coefficient (Wildman–Crippen LogP) is -7.09. The summed E-state index contributed by atoms with van der Waals surface area (Å²) in [6, 6.07) is 38.6. The second-order valence-electron chi connectivity index (χ2n) is 16.9. The fourth-order valence-electron chi connectivity index (χ4n) is 6.52. The van der Waals surface area contributed by atoms with E-state index in [0.29, 0.717) is 159 Å². The first-order valence-electron chi connectivity index (χ1n) is 27.1. The molecule has 480 valence electrons. The van der Waals surface area contributed by atoms with E-state index in [1.807, 2.05) is 0 Å². The Balaban J connectivity index is -0.000000526. The van der Waals surface area contributed by atoms with Crippen LogP contribution in [0, 0.1) is 181 Å². The maximum atomic E-state index is 8.64. The van der Waals surface area contributed by atoms with Gasteiger partial charge in [-0.1, -0.05) is 0 Å². The van der Waals surface area contributed by atoms with Gasteiger partial charge in [0.05, 0.1) is 248 Å². The number of hydrogen-bond acceptors (Lipinski definition) is 28. The van der Waals surface area contributed by atoms with Gasteiger partial charge in [-0.15, -0.1) is 0 Å². The van der Waals surface area contributed by atoms with Crippen LogP contribution in [0.15, 0.2) is 48.5 Å². The molecule has 32 heteroatoms. The third-order valence-electron chi connectivity index (χ3n) is 11.0. The molecule has 0 bridgehead atoms. The van der Waals surface area contributed by atoms with Crippen molar-refractivity contribution >= 4 is 0 Å². The number of nitrogens with zero attached hydrogens (tertiary/aromatic N) is 16. The minimum absolute atomic E-state index is 0. The molecule has 28 nitrogen and oxygen atoms in total. The van der Waals surface area contributed by atoms with E-state index in [-0.39, 0.29) is 240 Å². The van der Waals surface area contributed by atoms with E-state index in [9.17, 15) is 0 Å². The first-order chi connectivity index (χ1) is 45.0.